The summed E-state index contributed by atoms with van der Waals surface area (Å²) in [5, 5.41) is 7.15. The minimum Gasteiger partial charge on any atom is -0.315 e. The Bertz CT molecular complexity index is 550. The molecule has 2 atom stereocenters. The molecule has 1 heterocycles. The quantitative estimate of drug-likeness (QED) is 0.888. The highest BCUT2D eigenvalue weighted by Gasteiger charge is 2.26. The summed E-state index contributed by atoms with van der Waals surface area (Å²) < 4.78 is 0. The van der Waals surface area contributed by atoms with Crippen LogP contribution in [0.4, 0.5) is 0 Å². The Kier molecular flexibility index (Phi) is 4.14. The SMILES string of the molecule is CCNC[C@@H]1NC[C@H](c2ccccc2)c2ccccc21. The third kappa shape index (κ3) is 2.62. The molecule has 1 aliphatic rings. The summed E-state index contributed by atoms with van der Waals surface area (Å²) in [6, 6.07) is 20.1. The van der Waals surface area contributed by atoms with Gasteiger partial charge in [-0.3, -0.25) is 0 Å². The Labute approximate surface area is 121 Å². The van der Waals surface area contributed by atoms with Gasteiger partial charge in [0.1, 0.15) is 0 Å². The third-order valence-corrected chi connectivity index (χ3v) is 4.12. The molecule has 0 saturated heterocycles. The lowest BCUT2D eigenvalue weighted by Crippen LogP contribution is -2.39. The lowest BCUT2D eigenvalue weighted by molar-refractivity contribution is 0.454. The van der Waals surface area contributed by atoms with E-state index in [0.29, 0.717) is 12.0 Å². The minimum atomic E-state index is 0.422. The number of nitrogens with one attached hydrogen (secondary N) is 2. The minimum absolute atomic E-state index is 0.422. The van der Waals surface area contributed by atoms with Crippen molar-refractivity contribution in [3.05, 3.63) is 71.3 Å². The second kappa shape index (κ2) is 6.21. The van der Waals surface area contributed by atoms with E-state index in [1.807, 2.05) is 0 Å². The fourth-order valence-electron chi connectivity index (χ4n) is 3.08. The molecule has 0 amide bonds. The smallest absolute Gasteiger partial charge is 0.0450 e. The number of likely N-dealkylation sites (N-methyl/N-ethyl adjacent to an activating group) is 1. The second-order valence-electron chi connectivity index (χ2n) is 5.36. The summed E-state index contributed by atoms with van der Waals surface area (Å²) in [6.45, 7) is 5.18. The molecule has 0 fully saturated rings. The fourth-order valence-corrected chi connectivity index (χ4v) is 3.08. The van der Waals surface area contributed by atoms with Crippen LogP contribution in [-0.4, -0.2) is 19.6 Å². The van der Waals surface area contributed by atoms with Gasteiger partial charge in [-0.1, -0.05) is 61.5 Å². The van der Waals surface area contributed by atoms with E-state index in [-0.39, 0.29) is 0 Å². The van der Waals surface area contributed by atoms with Crippen molar-refractivity contribution >= 4 is 0 Å². The van der Waals surface area contributed by atoms with Gasteiger partial charge in [0, 0.05) is 25.0 Å². The second-order valence-corrected chi connectivity index (χ2v) is 5.36. The lowest BCUT2D eigenvalue weighted by atomic mass is 9.82. The Balaban J connectivity index is 1.93. The fraction of sp³-hybridized carbons (Fsp3) is 0.333. The molecule has 1 aliphatic heterocycles. The number of fused-ring (bicyclic) bond motifs is 1. The van der Waals surface area contributed by atoms with E-state index in [4.69, 9.17) is 0 Å². The van der Waals surface area contributed by atoms with Crippen LogP contribution in [0.5, 0.6) is 0 Å². The van der Waals surface area contributed by atoms with Gasteiger partial charge >= 0.3 is 0 Å². The number of rotatable bonds is 4. The van der Waals surface area contributed by atoms with Gasteiger partial charge in [0.25, 0.3) is 0 Å². The predicted molar refractivity (Wildman–Crippen MR) is 84.0 cm³/mol. The normalized spacial score (nSPS) is 21.4. The van der Waals surface area contributed by atoms with Crippen molar-refractivity contribution < 1.29 is 0 Å². The van der Waals surface area contributed by atoms with Crippen molar-refractivity contribution in [3.63, 3.8) is 0 Å². The molecule has 20 heavy (non-hydrogen) atoms. The maximum Gasteiger partial charge on any atom is 0.0450 e. The maximum atomic E-state index is 3.70. The summed E-state index contributed by atoms with van der Waals surface area (Å²) in [5.74, 6) is 0.463. The van der Waals surface area contributed by atoms with Crippen molar-refractivity contribution in [2.45, 2.75) is 18.9 Å². The van der Waals surface area contributed by atoms with Gasteiger partial charge in [-0.25, -0.2) is 0 Å². The number of hydrogen-bond donors (Lipinski definition) is 2. The molecule has 0 aromatic heterocycles. The van der Waals surface area contributed by atoms with Gasteiger partial charge < -0.3 is 10.6 Å². The lowest BCUT2D eigenvalue weighted by Gasteiger charge is -2.33. The first kappa shape index (κ1) is 13.3. The van der Waals surface area contributed by atoms with Gasteiger partial charge in [0.05, 0.1) is 0 Å². The highest BCUT2D eigenvalue weighted by Crippen LogP contribution is 2.33. The monoisotopic (exact) mass is 266 g/mol. The summed E-state index contributed by atoms with van der Waals surface area (Å²) >= 11 is 0. The molecule has 2 heteroatoms. The Morgan fingerprint density at radius 2 is 1.70 bits per heavy atom. The zero-order valence-corrected chi connectivity index (χ0v) is 12.0. The van der Waals surface area contributed by atoms with Gasteiger partial charge in [-0.05, 0) is 23.2 Å². The van der Waals surface area contributed by atoms with E-state index in [0.717, 1.165) is 19.6 Å². The van der Waals surface area contributed by atoms with Gasteiger partial charge in [0.15, 0.2) is 0 Å². The Morgan fingerprint density at radius 3 is 2.45 bits per heavy atom. The third-order valence-electron chi connectivity index (χ3n) is 4.12. The first-order chi connectivity index (χ1) is 9.90. The molecule has 104 valence electrons. The zero-order valence-electron chi connectivity index (χ0n) is 12.0. The van der Waals surface area contributed by atoms with Crippen molar-refractivity contribution in [1.82, 2.24) is 10.6 Å². The summed E-state index contributed by atoms with van der Waals surface area (Å²) in [7, 11) is 0. The molecular weight excluding hydrogens is 244 g/mol. The average molecular weight is 266 g/mol. The average Bonchev–Trinajstić information content (AvgIpc) is 2.53. The summed E-state index contributed by atoms with van der Waals surface area (Å²) in [6.07, 6.45) is 0. The van der Waals surface area contributed by atoms with Crippen molar-refractivity contribution in [1.29, 1.82) is 0 Å². The standard InChI is InChI=1S/C18H22N2/c1-2-19-13-18-16-11-7-6-10-15(16)17(12-20-18)14-8-4-3-5-9-14/h3-11,17-20H,2,12-13H2,1H3/t17-,18+/m1/s1. The Morgan fingerprint density at radius 1 is 1.00 bits per heavy atom. The van der Waals surface area contributed by atoms with E-state index >= 15 is 0 Å². The van der Waals surface area contributed by atoms with E-state index in [1.165, 1.54) is 16.7 Å². The van der Waals surface area contributed by atoms with Crippen molar-refractivity contribution in [2.75, 3.05) is 19.6 Å². The molecule has 2 aromatic rings. The van der Waals surface area contributed by atoms with Crippen LogP contribution >= 0.6 is 0 Å². The Hall–Kier alpha value is -1.64. The first-order valence-corrected chi connectivity index (χ1v) is 7.48. The molecule has 0 saturated carbocycles. The molecule has 2 aromatic carbocycles. The number of benzene rings is 2. The van der Waals surface area contributed by atoms with Gasteiger partial charge in [-0.15, -0.1) is 0 Å². The largest absolute Gasteiger partial charge is 0.315 e. The molecular formula is C18H22N2. The summed E-state index contributed by atoms with van der Waals surface area (Å²) in [5.41, 5.74) is 4.31. The van der Waals surface area contributed by atoms with Crippen LogP contribution in [0.2, 0.25) is 0 Å². The summed E-state index contributed by atoms with van der Waals surface area (Å²) in [4.78, 5) is 0. The van der Waals surface area contributed by atoms with Crippen LogP contribution in [0.25, 0.3) is 0 Å². The molecule has 0 bridgehead atoms. The van der Waals surface area contributed by atoms with Crippen LogP contribution in [-0.2, 0) is 0 Å². The molecule has 2 N–H and O–H groups in total. The van der Waals surface area contributed by atoms with Crippen LogP contribution in [0.15, 0.2) is 54.6 Å². The van der Waals surface area contributed by atoms with Crippen LogP contribution in [0.3, 0.4) is 0 Å². The predicted octanol–water partition coefficient (Wildman–Crippen LogP) is 3.07. The highest BCUT2D eigenvalue weighted by molar-refractivity contribution is 5.42. The van der Waals surface area contributed by atoms with Crippen LogP contribution in [0.1, 0.15) is 35.6 Å². The molecule has 0 spiro atoms. The van der Waals surface area contributed by atoms with E-state index in [1.54, 1.807) is 0 Å². The van der Waals surface area contributed by atoms with Crippen LogP contribution < -0.4 is 10.6 Å². The molecule has 3 rings (SSSR count). The van der Waals surface area contributed by atoms with E-state index in [9.17, 15) is 0 Å². The molecule has 0 aliphatic carbocycles. The maximum absolute atomic E-state index is 3.70. The van der Waals surface area contributed by atoms with Crippen molar-refractivity contribution in [3.8, 4) is 0 Å². The van der Waals surface area contributed by atoms with Crippen LogP contribution in [0, 0.1) is 0 Å². The zero-order chi connectivity index (χ0) is 13.8. The topological polar surface area (TPSA) is 24.1 Å². The molecule has 0 unspecified atom stereocenters. The van der Waals surface area contributed by atoms with E-state index < -0.39 is 0 Å². The molecule has 0 radical (unpaired) electrons. The van der Waals surface area contributed by atoms with Gasteiger partial charge in [-0.2, -0.15) is 0 Å². The van der Waals surface area contributed by atoms with E-state index in [2.05, 4.69) is 72.2 Å². The van der Waals surface area contributed by atoms with Crippen molar-refractivity contribution in [2.24, 2.45) is 0 Å². The number of hydrogen-bond acceptors (Lipinski definition) is 2. The first-order valence-electron chi connectivity index (χ1n) is 7.48. The highest BCUT2D eigenvalue weighted by atomic mass is 15.0. The molecule has 2 nitrogen and oxygen atoms in total. The van der Waals surface area contributed by atoms with Gasteiger partial charge in [0.2, 0.25) is 0 Å².